The van der Waals surface area contributed by atoms with Gasteiger partial charge >= 0.3 is 5.97 Å². The van der Waals surface area contributed by atoms with E-state index in [0.29, 0.717) is 34.1 Å². The lowest BCUT2D eigenvalue weighted by Crippen LogP contribution is -2.08. The Hall–Kier alpha value is -4.06. The number of esters is 1. The highest BCUT2D eigenvalue weighted by molar-refractivity contribution is 6.14. The highest BCUT2D eigenvalue weighted by Crippen LogP contribution is 2.37. The van der Waals surface area contributed by atoms with Gasteiger partial charge in [0.25, 0.3) is 0 Å². The van der Waals surface area contributed by atoms with E-state index in [0.717, 1.165) is 5.56 Å². The van der Waals surface area contributed by atoms with Crippen LogP contribution in [0.1, 0.15) is 26.3 Å². The number of hydrogen-bond acceptors (Lipinski definition) is 6. The van der Waals surface area contributed by atoms with Crippen molar-refractivity contribution in [3.8, 4) is 23.0 Å². The lowest BCUT2D eigenvalue weighted by molar-refractivity contribution is 0.0734. The Balaban J connectivity index is 1.37. The van der Waals surface area contributed by atoms with Crippen LogP contribution in [-0.4, -0.2) is 18.5 Å². The Morgan fingerprint density at radius 2 is 1.72 bits per heavy atom. The fourth-order valence-electron chi connectivity index (χ4n) is 3.13. The van der Waals surface area contributed by atoms with Crippen molar-refractivity contribution in [2.45, 2.75) is 0 Å². The number of Topliss-reactive ketones (excluding diaryl/α,β-unsaturated/α-hetero) is 1. The summed E-state index contributed by atoms with van der Waals surface area (Å²) in [7, 11) is 0. The molecule has 142 valence electrons. The van der Waals surface area contributed by atoms with Crippen molar-refractivity contribution < 1.29 is 28.5 Å². The Kier molecular flexibility index (Phi) is 4.02. The third kappa shape index (κ3) is 3.21. The number of benzene rings is 3. The topological polar surface area (TPSA) is 71.1 Å². The second kappa shape index (κ2) is 6.83. The molecule has 2 aliphatic heterocycles. The molecule has 29 heavy (non-hydrogen) atoms. The predicted octanol–water partition coefficient (Wildman–Crippen LogP) is 4.25. The first kappa shape index (κ1) is 17.1. The second-order valence-electron chi connectivity index (χ2n) is 6.47. The van der Waals surface area contributed by atoms with Gasteiger partial charge in [-0.3, -0.25) is 4.79 Å². The van der Waals surface area contributed by atoms with Crippen molar-refractivity contribution in [1.29, 1.82) is 0 Å². The van der Waals surface area contributed by atoms with E-state index in [-0.39, 0.29) is 18.3 Å². The summed E-state index contributed by atoms with van der Waals surface area (Å²) in [4.78, 5) is 24.8. The standard InChI is InChI=1S/C23H14O6/c24-22-17-8-7-16(28-23(25)15-4-2-1-3-5-15)12-19(17)29-21(22)11-14-6-9-18-20(10-14)27-13-26-18/h1-12H,13H2/b21-11-. The van der Waals surface area contributed by atoms with Gasteiger partial charge < -0.3 is 18.9 Å². The molecule has 0 amide bonds. The van der Waals surface area contributed by atoms with Gasteiger partial charge in [0, 0.05) is 6.07 Å². The Morgan fingerprint density at radius 3 is 2.59 bits per heavy atom. The minimum atomic E-state index is -0.481. The molecule has 2 heterocycles. The number of allylic oxidation sites excluding steroid dienone is 1. The number of rotatable bonds is 3. The smallest absolute Gasteiger partial charge is 0.343 e. The molecule has 0 bridgehead atoms. The monoisotopic (exact) mass is 386 g/mol. The molecule has 0 unspecified atom stereocenters. The van der Waals surface area contributed by atoms with Crippen molar-refractivity contribution in [3.05, 3.63) is 89.2 Å². The number of fused-ring (bicyclic) bond motifs is 2. The average Bonchev–Trinajstić information content (AvgIpc) is 3.33. The molecule has 0 aliphatic carbocycles. The van der Waals surface area contributed by atoms with E-state index >= 15 is 0 Å². The van der Waals surface area contributed by atoms with Gasteiger partial charge in [-0.05, 0) is 48.0 Å². The highest BCUT2D eigenvalue weighted by Gasteiger charge is 2.28. The van der Waals surface area contributed by atoms with Crippen molar-refractivity contribution in [2.75, 3.05) is 6.79 Å². The third-order valence-corrected chi connectivity index (χ3v) is 4.56. The number of carbonyl (C=O) groups excluding carboxylic acids is 2. The van der Waals surface area contributed by atoms with Crippen LogP contribution in [0.3, 0.4) is 0 Å². The fourth-order valence-corrected chi connectivity index (χ4v) is 3.13. The summed E-state index contributed by atoms with van der Waals surface area (Å²) in [5.41, 5.74) is 1.60. The molecule has 6 nitrogen and oxygen atoms in total. The van der Waals surface area contributed by atoms with Crippen LogP contribution in [0.4, 0.5) is 0 Å². The zero-order valence-electron chi connectivity index (χ0n) is 15.1. The molecule has 3 aromatic rings. The molecule has 2 aliphatic rings. The quantitative estimate of drug-likeness (QED) is 0.381. The van der Waals surface area contributed by atoms with Crippen LogP contribution in [0.5, 0.6) is 23.0 Å². The van der Waals surface area contributed by atoms with E-state index in [9.17, 15) is 9.59 Å². The maximum absolute atomic E-state index is 12.6. The van der Waals surface area contributed by atoms with Crippen molar-refractivity contribution in [1.82, 2.24) is 0 Å². The van der Waals surface area contributed by atoms with Crippen LogP contribution in [-0.2, 0) is 0 Å². The van der Waals surface area contributed by atoms with Gasteiger partial charge in [-0.1, -0.05) is 24.3 Å². The second-order valence-corrected chi connectivity index (χ2v) is 6.47. The van der Waals surface area contributed by atoms with Crippen LogP contribution in [0, 0.1) is 0 Å². The zero-order valence-corrected chi connectivity index (χ0v) is 15.1. The molecule has 5 rings (SSSR count). The van der Waals surface area contributed by atoms with Crippen molar-refractivity contribution >= 4 is 17.8 Å². The number of carbonyl (C=O) groups is 2. The van der Waals surface area contributed by atoms with Gasteiger partial charge in [0.1, 0.15) is 11.5 Å². The van der Waals surface area contributed by atoms with Gasteiger partial charge in [0.2, 0.25) is 12.6 Å². The van der Waals surface area contributed by atoms with E-state index in [2.05, 4.69) is 0 Å². The molecule has 0 N–H and O–H groups in total. The summed E-state index contributed by atoms with van der Waals surface area (Å²) in [6.45, 7) is 0.181. The minimum Gasteiger partial charge on any atom is -0.454 e. The number of ketones is 1. The Labute approximate surface area is 165 Å². The number of ether oxygens (including phenoxy) is 4. The van der Waals surface area contributed by atoms with E-state index < -0.39 is 5.97 Å². The minimum absolute atomic E-state index is 0.181. The van der Waals surface area contributed by atoms with E-state index in [1.165, 1.54) is 6.07 Å². The lowest BCUT2D eigenvalue weighted by Gasteiger charge is -2.05. The number of hydrogen-bond donors (Lipinski definition) is 0. The van der Waals surface area contributed by atoms with Crippen molar-refractivity contribution in [3.63, 3.8) is 0 Å². The maximum atomic E-state index is 12.6. The van der Waals surface area contributed by atoms with E-state index in [1.807, 2.05) is 12.1 Å². The van der Waals surface area contributed by atoms with Crippen LogP contribution in [0.15, 0.2) is 72.5 Å². The first-order chi connectivity index (χ1) is 14.2. The first-order valence-corrected chi connectivity index (χ1v) is 8.92. The largest absolute Gasteiger partial charge is 0.454 e. The molecule has 0 fully saturated rings. The summed E-state index contributed by atoms with van der Waals surface area (Å²) in [5.74, 6) is 1.40. The maximum Gasteiger partial charge on any atom is 0.343 e. The summed E-state index contributed by atoms with van der Waals surface area (Å²) in [5, 5.41) is 0. The van der Waals surface area contributed by atoms with Crippen LogP contribution >= 0.6 is 0 Å². The first-order valence-electron chi connectivity index (χ1n) is 8.92. The predicted molar refractivity (Wildman–Crippen MR) is 103 cm³/mol. The zero-order chi connectivity index (χ0) is 19.8. The van der Waals surface area contributed by atoms with Gasteiger partial charge in [0.15, 0.2) is 17.3 Å². The van der Waals surface area contributed by atoms with Crippen LogP contribution < -0.4 is 18.9 Å². The molecule has 0 spiro atoms. The lowest BCUT2D eigenvalue weighted by atomic mass is 10.1. The molecule has 0 atom stereocenters. The average molecular weight is 386 g/mol. The van der Waals surface area contributed by atoms with Gasteiger partial charge in [-0.15, -0.1) is 0 Å². The van der Waals surface area contributed by atoms with Crippen molar-refractivity contribution in [2.24, 2.45) is 0 Å². The van der Waals surface area contributed by atoms with Crippen LogP contribution in [0.2, 0.25) is 0 Å². The molecule has 6 heteroatoms. The summed E-state index contributed by atoms with van der Waals surface area (Å²) in [6.07, 6.45) is 1.64. The molecular formula is C23H14O6. The van der Waals surface area contributed by atoms with Gasteiger partial charge in [-0.25, -0.2) is 4.79 Å². The Bertz CT molecular complexity index is 1160. The molecule has 0 aromatic heterocycles. The van der Waals surface area contributed by atoms with E-state index in [1.54, 1.807) is 54.6 Å². The normalized spacial score (nSPS) is 15.2. The Morgan fingerprint density at radius 1 is 0.897 bits per heavy atom. The summed E-state index contributed by atoms with van der Waals surface area (Å²) >= 11 is 0. The van der Waals surface area contributed by atoms with Gasteiger partial charge in [-0.2, -0.15) is 0 Å². The molecule has 0 saturated carbocycles. The fraction of sp³-hybridized carbons (Fsp3) is 0.0435. The molecule has 3 aromatic carbocycles. The molecular weight excluding hydrogens is 372 g/mol. The summed E-state index contributed by atoms with van der Waals surface area (Å²) in [6, 6.07) is 18.7. The summed E-state index contributed by atoms with van der Waals surface area (Å²) < 4.78 is 21.7. The third-order valence-electron chi connectivity index (χ3n) is 4.56. The highest BCUT2D eigenvalue weighted by atomic mass is 16.7. The van der Waals surface area contributed by atoms with Gasteiger partial charge in [0.05, 0.1) is 11.1 Å². The SMILES string of the molecule is O=C(Oc1ccc2c(c1)O/C(=C\c1ccc3c(c1)OCO3)C2=O)c1ccccc1. The van der Waals surface area contributed by atoms with Crippen LogP contribution in [0.25, 0.3) is 6.08 Å². The van der Waals surface area contributed by atoms with E-state index in [4.69, 9.17) is 18.9 Å². The molecule has 0 saturated heterocycles. The molecule has 0 radical (unpaired) electrons.